The topological polar surface area (TPSA) is 64.3 Å². The Labute approximate surface area is 196 Å². The molecular formula is C26H27N3O3S. The van der Waals surface area contributed by atoms with Gasteiger partial charge in [-0.05, 0) is 51.0 Å². The smallest absolute Gasteiger partial charge is 0.337 e. The van der Waals surface area contributed by atoms with Crippen molar-refractivity contribution in [3.05, 3.63) is 97.0 Å². The lowest BCUT2D eigenvalue weighted by Crippen LogP contribution is -2.38. The third-order valence-corrected chi connectivity index (χ3v) is 7.20. The zero-order valence-corrected chi connectivity index (χ0v) is 20.1. The van der Waals surface area contributed by atoms with Crippen LogP contribution < -0.4 is 11.2 Å². The van der Waals surface area contributed by atoms with Gasteiger partial charge >= 0.3 is 5.69 Å². The van der Waals surface area contributed by atoms with E-state index in [0.717, 1.165) is 11.1 Å². The van der Waals surface area contributed by atoms with Crippen LogP contribution in [0, 0.1) is 13.8 Å². The van der Waals surface area contributed by atoms with E-state index in [1.54, 1.807) is 40.7 Å². The first kappa shape index (κ1) is 22.7. The van der Waals surface area contributed by atoms with Crippen LogP contribution in [0.15, 0.2) is 64.2 Å². The highest BCUT2D eigenvalue weighted by molar-refractivity contribution is 7.20. The summed E-state index contributed by atoms with van der Waals surface area (Å²) >= 11 is 1.23. The lowest BCUT2D eigenvalue weighted by atomic mass is 10.1. The molecule has 2 aromatic carbocycles. The number of aromatic nitrogens is 2. The summed E-state index contributed by atoms with van der Waals surface area (Å²) in [5.74, 6) is -0.112. The van der Waals surface area contributed by atoms with Gasteiger partial charge < -0.3 is 4.90 Å². The van der Waals surface area contributed by atoms with E-state index in [9.17, 15) is 14.4 Å². The Bertz CT molecular complexity index is 1440. The van der Waals surface area contributed by atoms with E-state index >= 15 is 0 Å². The first-order valence-corrected chi connectivity index (χ1v) is 11.9. The summed E-state index contributed by atoms with van der Waals surface area (Å²) < 4.78 is 2.83. The number of fused-ring (bicyclic) bond motifs is 1. The van der Waals surface area contributed by atoms with Gasteiger partial charge in [0.1, 0.15) is 4.83 Å². The molecule has 0 aliphatic heterocycles. The summed E-state index contributed by atoms with van der Waals surface area (Å²) in [5, 5.41) is 0.423. The number of amides is 1. The monoisotopic (exact) mass is 461 g/mol. The minimum atomic E-state index is -0.414. The molecule has 0 bridgehead atoms. The number of hydrogen-bond acceptors (Lipinski definition) is 4. The maximum atomic E-state index is 13.7. The molecule has 0 spiro atoms. The number of hydrogen-bond donors (Lipinski definition) is 0. The Balaban J connectivity index is 2.05. The summed E-state index contributed by atoms with van der Waals surface area (Å²) in [4.78, 5) is 43.3. The number of carbonyl (C=O) groups is 1. The van der Waals surface area contributed by atoms with Crippen molar-refractivity contribution in [2.45, 2.75) is 34.2 Å². The minimum Gasteiger partial charge on any atom is -0.338 e. The Morgan fingerprint density at radius 1 is 0.970 bits per heavy atom. The molecule has 4 rings (SSSR count). The summed E-state index contributed by atoms with van der Waals surface area (Å²) in [5.41, 5.74) is 2.37. The fourth-order valence-corrected chi connectivity index (χ4v) is 5.40. The van der Waals surface area contributed by atoms with E-state index in [4.69, 9.17) is 0 Å². The van der Waals surface area contributed by atoms with E-state index in [-0.39, 0.29) is 5.91 Å². The van der Waals surface area contributed by atoms with Crippen molar-refractivity contribution in [2.75, 3.05) is 13.1 Å². The van der Waals surface area contributed by atoms with Crippen LogP contribution in [0.25, 0.3) is 15.9 Å². The van der Waals surface area contributed by atoms with E-state index in [1.165, 1.54) is 15.9 Å². The first-order valence-electron chi connectivity index (χ1n) is 11.1. The Morgan fingerprint density at radius 3 is 2.30 bits per heavy atom. The average molecular weight is 462 g/mol. The molecule has 0 radical (unpaired) electrons. The second kappa shape index (κ2) is 9.19. The summed E-state index contributed by atoms with van der Waals surface area (Å²) in [7, 11) is 0. The van der Waals surface area contributed by atoms with Gasteiger partial charge in [0.15, 0.2) is 0 Å². The van der Waals surface area contributed by atoms with Gasteiger partial charge in [-0.25, -0.2) is 9.36 Å². The molecule has 33 heavy (non-hydrogen) atoms. The number of benzene rings is 2. The highest BCUT2D eigenvalue weighted by atomic mass is 32.1. The summed E-state index contributed by atoms with van der Waals surface area (Å²) in [6.07, 6.45) is 0. The van der Waals surface area contributed by atoms with Crippen molar-refractivity contribution in [1.29, 1.82) is 0 Å². The molecule has 0 saturated heterocycles. The van der Waals surface area contributed by atoms with E-state index in [0.29, 0.717) is 46.0 Å². The predicted molar refractivity (Wildman–Crippen MR) is 134 cm³/mol. The van der Waals surface area contributed by atoms with Gasteiger partial charge in [0.05, 0.1) is 22.5 Å². The quantitative estimate of drug-likeness (QED) is 0.429. The Morgan fingerprint density at radius 2 is 1.67 bits per heavy atom. The van der Waals surface area contributed by atoms with Crippen molar-refractivity contribution in [3.8, 4) is 5.69 Å². The molecule has 0 atom stereocenters. The van der Waals surface area contributed by atoms with Crippen molar-refractivity contribution in [3.63, 3.8) is 0 Å². The molecule has 0 N–H and O–H groups in total. The number of rotatable bonds is 6. The molecule has 0 saturated carbocycles. The maximum Gasteiger partial charge on any atom is 0.337 e. The van der Waals surface area contributed by atoms with Gasteiger partial charge in [0.2, 0.25) is 0 Å². The van der Waals surface area contributed by atoms with E-state index < -0.39 is 11.2 Å². The van der Waals surface area contributed by atoms with Crippen LogP contribution in [-0.4, -0.2) is 33.0 Å². The first-order chi connectivity index (χ1) is 15.9. The van der Waals surface area contributed by atoms with Crippen LogP contribution >= 0.6 is 11.3 Å². The molecule has 0 aliphatic carbocycles. The van der Waals surface area contributed by atoms with Gasteiger partial charge in [-0.3, -0.25) is 14.2 Å². The molecule has 0 fully saturated rings. The average Bonchev–Trinajstić information content (AvgIpc) is 3.15. The zero-order valence-electron chi connectivity index (χ0n) is 19.3. The van der Waals surface area contributed by atoms with Crippen LogP contribution in [0.4, 0.5) is 0 Å². The Kier molecular flexibility index (Phi) is 6.33. The van der Waals surface area contributed by atoms with Crippen LogP contribution in [0.3, 0.4) is 0 Å². The van der Waals surface area contributed by atoms with E-state index in [2.05, 4.69) is 0 Å². The second-order valence-electron chi connectivity index (χ2n) is 8.05. The van der Waals surface area contributed by atoms with Crippen molar-refractivity contribution in [2.24, 2.45) is 0 Å². The largest absolute Gasteiger partial charge is 0.338 e. The highest BCUT2D eigenvalue weighted by Gasteiger charge is 2.25. The van der Waals surface area contributed by atoms with Crippen LogP contribution in [-0.2, 0) is 6.54 Å². The molecule has 170 valence electrons. The molecule has 2 heterocycles. The summed E-state index contributed by atoms with van der Waals surface area (Å²) in [6.45, 7) is 9.13. The number of nitrogens with zero attached hydrogens (tertiary/aromatic N) is 3. The van der Waals surface area contributed by atoms with E-state index in [1.807, 2.05) is 51.1 Å². The molecule has 2 aromatic heterocycles. The summed E-state index contributed by atoms with van der Waals surface area (Å²) in [6, 6.07) is 16.9. The third kappa shape index (κ3) is 4.04. The van der Waals surface area contributed by atoms with Crippen molar-refractivity contribution < 1.29 is 4.79 Å². The molecule has 7 heteroatoms. The Hall–Kier alpha value is -3.45. The van der Waals surface area contributed by atoms with Gasteiger partial charge in [-0.15, -0.1) is 11.3 Å². The lowest BCUT2D eigenvalue weighted by Gasteiger charge is -2.17. The lowest BCUT2D eigenvalue weighted by molar-refractivity contribution is 0.0777. The molecule has 0 unspecified atom stereocenters. The molecule has 4 aromatic rings. The zero-order chi connectivity index (χ0) is 23.7. The van der Waals surface area contributed by atoms with Gasteiger partial charge in [-0.1, -0.05) is 48.0 Å². The standard InChI is InChI=1S/C26H27N3O3S/c1-5-27(6-2)24(31)22-18(4)21-23(30)29(20-13-8-7-9-14-20)26(32)28(25(21)33-22)16-19-12-10-11-17(3)15-19/h7-15H,5-6,16H2,1-4H3. The predicted octanol–water partition coefficient (Wildman–Crippen LogP) is 4.36. The normalized spacial score (nSPS) is 11.2. The highest BCUT2D eigenvalue weighted by Crippen LogP contribution is 2.30. The number of carbonyl (C=O) groups excluding carboxylic acids is 1. The minimum absolute atomic E-state index is 0.112. The van der Waals surface area contributed by atoms with Crippen LogP contribution in [0.2, 0.25) is 0 Å². The van der Waals surface area contributed by atoms with Gasteiger partial charge in [-0.2, -0.15) is 0 Å². The fraction of sp³-hybridized carbons (Fsp3) is 0.269. The molecule has 1 amide bonds. The number of aryl methyl sites for hydroxylation is 2. The van der Waals surface area contributed by atoms with Gasteiger partial charge in [0.25, 0.3) is 11.5 Å². The third-order valence-electron chi connectivity index (χ3n) is 5.89. The maximum absolute atomic E-state index is 13.7. The molecule has 0 aliphatic rings. The van der Waals surface area contributed by atoms with Crippen molar-refractivity contribution >= 4 is 27.5 Å². The number of thiophene rings is 1. The molecular weight excluding hydrogens is 434 g/mol. The fourth-order valence-electron chi connectivity index (χ4n) is 4.14. The van der Waals surface area contributed by atoms with Crippen LogP contribution in [0.1, 0.15) is 40.2 Å². The van der Waals surface area contributed by atoms with Crippen molar-refractivity contribution in [1.82, 2.24) is 14.0 Å². The van der Waals surface area contributed by atoms with Gasteiger partial charge in [0, 0.05) is 13.1 Å². The number of para-hydroxylation sites is 1. The second-order valence-corrected chi connectivity index (χ2v) is 9.05. The SMILES string of the molecule is CCN(CC)C(=O)c1sc2c(c1C)c(=O)n(-c1ccccc1)c(=O)n2Cc1cccc(C)c1. The molecule has 6 nitrogen and oxygen atoms in total. The van der Waals surface area contributed by atoms with Crippen LogP contribution in [0.5, 0.6) is 0 Å².